The molecular weight excluding hydrogens is 170 g/mol. The molecule has 2 aliphatic rings. The van der Waals surface area contributed by atoms with Crippen LogP contribution in [0, 0.1) is 17.8 Å². The van der Waals surface area contributed by atoms with Gasteiger partial charge in [-0.3, -0.25) is 0 Å². The van der Waals surface area contributed by atoms with Crippen molar-refractivity contribution in [3.8, 4) is 0 Å². The first-order valence-electron chi connectivity index (χ1n) is 6.56. The van der Waals surface area contributed by atoms with Crippen molar-refractivity contribution in [1.29, 1.82) is 0 Å². The van der Waals surface area contributed by atoms with E-state index in [0.717, 1.165) is 17.8 Å². The number of hydrogen-bond donors (Lipinski definition) is 1. The van der Waals surface area contributed by atoms with Gasteiger partial charge in [0.25, 0.3) is 0 Å². The van der Waals surface area contributed by atoms with Crippen LogP contribution in [0.3, 0.4) is 0 Å². The third-order valence-corrected chi connectivity index (χ3v) is 4.64. The molecule has 0 amide bonds. The van der Waals surface area contributed by atoms with Gasteiger partial charge in [0.05, 0.1) is 0 Å². The van der Waals surface area contributed by atoms with E-state index < -0.39 is 0 Å². The number of nitrogens with two attached hydrogens (primary N) is 1. The first kappa shape index (κ1) is 10.5. The van der Waals surface area contributed by atoms with Crippen LogP contribution in [0.2, 0.25) is 0 Å². The summed E-state index contributed by atoms with van der Waals surface area (Å²) in [5.74, 6) is 2.73. The number of hydrogen-bond acceptors (Lipinski definition) is 1. The van der Waals surface area contributed by atoms with E-state index in [9.17, 15) is 0 Å². The van der Waals surface area contributed by atoms with Gasteiger partial charge < -0.3 is 5.73 Å². The fraction of sp³-hybridized carbons (Fsp3) is 1.00. The molecule has 14 heavy (non-hydrogen) atoms. The second kappa shape index (κ2) is 4.65. The molecule has 2 saturated carbocycles. The molecule has 0 heterocycles. The van der Waals surface area contributed by atoms with E-state index in [2.05, 4.69) is 6.92 Å². The lowest BCUT2D eigenvalue weighted by Gasteiger charge is -2.39. The van der Waals surface area contributed by atoms with E-state index in [1.807, 2.05) is 0 Å². The van der Waals surface area contributed by atoms with Gasteiger partial charge >= 0.3 is 0 Å². The molecule has 2 N–H and O–H groups in total. The number of rotatable bonds is 3. The molecule has 0 radical (unpaired) electrons. The fourth-order valence-electron chi connectivity index (χ4n) is 3.26. The highest BCUT2D eigenvalue weighted by Gasteiger charge is 2.32. The minimum Gasteiger partial charge on any atom is -0.327 e. The maximum absolute atomic E-state index is 6.37. The predicted molar refractivity (Wildman–Crippen MR) is 61.1 cm³/mol. The van der Waals surface area contributed by atoms with Crippen LogP contribution in [-0.2, 0) is 0 Å². The molecule has 0 aromatic rings. The summed E-state index contributed by atoms with van der Waals surface area (Å²) in [5, 5.41) is 0. The average molecular weight is 195 g/mol. The summed E-state index contributed by atoms with van der Waals surface area (Å²) in [6.45, 7) is 2.34. The molecule has 0 saturated heterocycles. The van der Waals surface area contributed by atoms with Gasteiger partial charge in [-0.25, -0.2) is 0 Å². The van der Waals surface area contributed by atoms with Crippen LogP contribution in [0.15, 0.2) is 0 Å². The first-order valence-corrected chi connectivity index (χ1v) is 6.56. The lowest BCUT2D eigenvalue weighted by Crippen LogP contribution is -2.42. The van der Waals surface area contributed by atoms with Gasteiger partial charge in [-0.15, -0.1) is 0 Å². The Morgan fingerprint density at radius 3 is 2.29 bits per heavy atom. The average Bonchev–Trinajstić information content (AvgIpc) is 2.15. The van der Waals surface area contributed by atoms with Crippen LogP contribution in [0.1, 0.15) is 58.3 Å². The first-order chi connectivity index (χ1) is 6.81. The topological polar surface area (TPSA) is 26.0 Å². The maximum Gasteiger partial charge on any atom is 0.00957 e. The summed E-state index contributed by atoms with van der Waals surface area (Å²) in [6.07, 6.45) is 11.4. The molecule has 2 aliphatic carbocycles. The van der Waals surface area contributed by atoms with Crippen LogP contribution in [-0.4, -0.2) is 6.04 Å². The van der Waals surface area contributed by atoms with E-state index in [1.165, 1.54) is 51.4 Å². The second-order valence-electron chi connectivity index (χ2n) is 5.47. The van der Waals surface area contributed by atoms with Gasteiger partial charge in [0.15, 0.2) is 0 Å². The van der Waals surface area contributed by atoms with Gasteiger partial charge in [0.1, 0.15) is 0 Å². The molecule has 0 aromatic carbocycles. The van der Waals surface area contributed by atoms with Crippen LogP contribution in [0.5, 0.6) is 0 Å². The molecule has 0 aromatic heterocycles. The van der Waals surface area contributed by atoms with Gasteiger partial charge in [-0.2, -0.15) is 0 Å². The van der Waals surface area contributed by atoms with E-state index in [4.69, 9.17) is 5.73 Å². The monoisotopic (exact) mass is 195 g/mol. The smallest absolute Gasteiger partial charge is 0.00957 e. The van der Waals surface area contributed by atoms with Crippen molar-refractivity contribution in [2.24, 2.45) is 23.5 Å². The lowest BCUT2D eigenvalue weighted by molar-refractivity contribution is 0.150. The Morgan fingerprint density at radius 2 is 1.71 bits per heavy atom. The normalized spacial score (nSPS) is 36.4. The standard InChI is InChI=1S/C13H25N/c1-2-10-5-3-8-12(9-10)13(14)11-6-4-7-11/h10-13H,2-9,14H2,1H3. The molecule has 1 nitrogen and oxygen atoms in total. The van der Waals surface area contributed by atoms with Crippen molar-refractivity contribution >= 4 is 0 Å². The quantitative estimate of drug-likeness (QED) is 0.734. The molecule has 3 atom stereocenters. The van der Waals surface area contributed by atoms with Crippen LogP contribution in [0.4, 0.5) is 0 Å². The molecule has 0 spiro atoms. The summed E-state index contributed by atoms with van der Waals surface area (Å²) in [6, 6.07) is 0.540. The van der Waals surface area contributed by atoms with Crippen molar-refractivity contribution in [3.05, 3.63) is 0 Å². The Kier molecular flexibility index (Phi) is 3.48. The summed E-state index contributed by atoms with van der Waals surface area (Å²) in [4.78, 5) is 0. The third-order valence-electron chi connectivity index (χ3n) is 4.64. The van der Waals surface area contributed by atoms with Gasteiger partial charge in [0.2, 0.25) is 0 Å². The Bertz CT molecular complexity index is 174. The van der Waals surface area contributed by atoms with Crippen LogP contribution < -0.4 is 5.73 Å². The van der Waals surface area contributed by atoms with E-state index in [1.54, 1.807) is 0 Å². The summed E-state index contributed by atoms with van der Waals surface area (Å²) in [5.41, 5.74) is 6.37. The fourth-order valence-corrected chi connectivity index (χ4v) is 3.26. The Balaban J connectivity index is 1.83. The second-order valence-corrected chi connectivity index (χ2v) is 5.47. The SMILES string of the molecule is CCC1CCCC(C(N)C2CCC2)C1. The zero-order valence-electron chi connectivity index (χ0n) is 9.54. The summed E-state index contributed by atoms with van der Waals surface area (Å²) in [7, 11) is 0. The minimum atomic E-state index is 0.540. The largest absolute Gasteiger partial charge is 0.327 e. The van der Waals surface area contributed by atoms with Crippen molar-refractivity contribution in [2.45, 2.75) is 64.3 Å². The van der Waals surface area contributed by atoms with E-state index >= 15 is 0 Å². The Hall–Kier alpha value is -0.0400. The summed E-state index contributed by atoms with van der Waals surface area (Å²) < 4.78 is 0. The zero-order valence-corrected chi connectivity index (χ0v) is 9.54. The molecule has 2 fully saturated rings. The van der Waals surface area contributed by atoms with Crippen LogP contribution >= 0.6 is 0 Å². The van der Waals surface area contributed by atoms with E-state index in [0.29, 0.717) is 6.04 Å². The Morgan fingerprint density at radius 1 is 1.07 bits per heavy atom. The molecule has 1 heteroatoms. The lowest BCUT2D eigenvalue weighted by atomic mass is 9.69. The highest BCUT2D eigenvalue weighted by molar-refractivity contribution is 4.88. The van der Waals surface area contributed by atoms with Crippen molar-refractivity contribution in [2.75, 3.05) is 0 Å². The van der Waals surface area contributed by atoms with Crippen molar-refractivity contribution < 1.29 is 0 Å². The van der Waals surface area contributed by atoms with E-state index in [-0.39, 0.29) is 0 Å². The highest BCUT2D eigenvalue weighted by Crippen LogP contribution is 2.39. The van der Waals surface area contributed by atoms with Gasteiger partial charge in [-0.1, -0.05) is 32.6 Å². The Labute approximate surface area is 88.4 Å². The maximum atomic E-state index is 6.37. The van der Waals surface area contributed by atoms with Gasteiger partial charge in [0, 0.05) is 6.04 Å². The summed E-state index contributed by atoms with van der Waals surface area (Å²) >= 11 is 0. The third kappa shape index (κ3) is 2.13. The molecular formula is C13H25N. The van der Waals surface area contributed by atoms with Gasteiger partial charge in [-0.05, 0) is 43.4 Å². The van der Waals surface area contributed by atoms with Crippen LogP contribution in [0.25, 0.3) is 0 Å². The van der Waals surface area contributed by atoms with Crippen molar-refractivity contribution in [3.63, 3.8) is 0 Å². The molecule has 82 valence electrons. The zero-order chi connectivity index (χ0) is 9.97. The predicted octanol–water partition coefficient (Wildman–Crippen LogP) is 3.33. The molecule has 3 unspecified atom stereocenters. The van der Waals surface area contributed by atoms with Crippen molar-refractivity contribution in [1.82, 2.24) is 0 Å². The molecule has 0 bridgehead atoms. The highest BCUT2D eigenvalue weighted by atomic mass is 14.7. The molecule has 0 aliphatic heterocycles. The minimum absolute atomic E-state index is 0.540. The molecule has 2 rings (SSSR count).